The van der Waals surface area contributed by atoms with Crippen molar-refractivity contribution >= 4 is 11.9 Å². The number of benzene rings is 2. The Morgan fingerprint density at radius 3 is 2.74 bits per heavy atom. The van der Waals surface area contributed by atoms with Crippen molar-refractivity contribution in [1.82, 2.24) is 4.90 Å². The molecule has 23 heavy (non-hydrogen) atoms. The predicted octanol–water partition coefficient (Wildman–Crippen LogP) is 2.87. The molecule has 0 aliphatic carbocycles. The molecule has 0 spiro atoms. The van der Waals surface area contributed by atoms with Crippen molar-refractivity contribution in [2.24, 2.45) is 0 Å². The van der Waals surface area contributed by atoms with E-state index in [0.29, 0.717) is 17.9 Å². The summed E-state index contributed by atoms with van der Waals surface area (Å²) in [6.45, 7) is 0.421. The van der Waals surface area contributed by atoms with Gasteiger partial charge in [-0.15, -0.1) is 0 Å². The van der Waals surface area contributed by atoms with Crippen LogP contribution in [0.25, 0.3) is 0 Å². The predicted molar refractivity (Wildman–Crippen MR) is 84.3 cm³/mol. The highest BCUT2D eigenvalue weighted by Gasteiger charge is 2.34. The van der Waals surface area contributed by atoms with Crippen LogP contribution in [-0.4, -0.2) is 29.0 Å². The van der Waals surface area contributed by atoms with Gasteiger partial charge in [0.05, 0.1) is 19.6 Å². The van der Waals surface area contributed by atoms with Crippen LogP contribution in [0.4, 0.5) is 0 Å². The van der Waals surface area contributed by atoms with Crippen LogP contribution in [0.15, 0.2) is 48.5 Å². The number of methoxy groups -OCH3 is 1. The van der Waals surface area contributed by atoms with Gasteiger partial charge in [-0.05, 0) is 29.3 Å². The van der Waals surface area contributed by atoms with Crippen LogP contribution in [0.3, 0.4) is 0 Å². The van der Waals surface area contributed by atoms with E-state index < -0.39 is 12.0 Å². The first-order chi connectivity index (χ1) is 11.1. The zero-order valence-corrected chi connectivity index (χ0v) is 12.7. The molecule has 1 atom stereocenters. The third-order valence-corrected chi connectivity index (χ3v) is 4.07. The van der Waals surface area contributed by atoms with Crippen LogP contribution in [0, 0.1) is 0 Å². The summed E-state index contributed by atoms with van der Waals surface area (Å²) in [7, 11) is 1.56. The van der Waals surface area contributed by atoms with Crippen molar-refractivity contribution < 1.29 is 19.4 Å². The number of rotatable bonds is 5. The Kier molecular flexibility index (Phi) is 4.02. The van der Waals surface area contributed by atoms with Crippen molar-refractivity contribution in [3.8, 4) is 5.75 Å². The van der Waals surface area contributed by atoms with Gasteiger partial charge in [-0.1, -0.05) is 30.3 Å². The third kappa shape index (κ3) is 2.90. The molecule has 0 radical (unpaired) electrons. The molecule has 0 fully saturated rings. The molecule has 1 heterocycles. The van der Waals surface area contributed by atoms with Crippen molar-refractivity contribution in [2.45, 2.75) is 19.0 Å². The van der Waals surface area contributed by atoms with Crippen molar-refractivity contribution in [3.05, 3.63) is 65.2 Å². The van der Waals surface area contributed by atoms with Crippen LogP contribution >= 0.6 is 0 Å². The number of nitrogens with zero attached hydrogens (tertiary/aromatic N) is 1. The lowest BCUT2D eigenvalue weighted by atomic mass is 10.0. The highest BCUT2D eigenvalue weighted by atomic mass is 16.5. The summed E-state index contributed by atoms with van der Waals surface area (Å²) in [5.41, 5.74) is 2.33. The number of amides is 1. The summed E-state index contributed by atoms with van der Waals surface area (Å²) in [5, 5.41) is 9.27. The minimum atomic E-state index is -0.943. The molecular weight excluding hydrogens is 294 g/mol. The summed E-state index contributed by atoms with van der Waals surface area (Å²) >= 11 is 0. The zero-order chi connectivity index (χ0) is 16.4. The lowest BCUT2D eigenvalue weighted by Crippen LogP contribution is -2.30. The number of hydrogen-bond donors (Lipinski definition) is 1. The van der Waals surface area contributed by atoms with E-state index in [9.17, 15) is 14.7 Å². The second-order valence-corrected chi connectivity index (χ2v) is 5.48. The second kappa shape index (κ2) is 6.12. The van der Waals surface area contributed by atoms with Gasteiger partial charge in [0.1, 0.15) is 5.75 Å². The van der Waals surface area contributed by atoms with Crippen LogP contribution < -0.4 is 4.74 Å². The van der Waals surface area contributed by atoms with Crippen LogP contribution in [0.1, 0.15) is 33.9 Å². The summed E-state index contributed by atoms with van der Waals surface area (Å²) in [6.07, 6.45) is -0.146. The monoisotopic (exact) mass is 311 g/mol. The van der Waals surface area contributed by atoms with Crippen LogP contribution in [-0.2, 0) is 11.3 Å². The van der Waals surface area contributed by atoms with E-state index in [0.717, 1.165) is 11.1 Å². The van der Waals surface area contributed by atoms with Crippen molar-refractivity contribution in [1.29, 1.82) is 0 Å². The molecule has 3 rings (SSSR count). The van der Waals surface area contributed by atoms with Gasteiger partial charge >= 0.3 is 5.97 Å². The number of carboxylic acids is 1. The average molecular weight is 311 g/mol. The fraction of sp³-hybridized carbons (Fsp3) is 0.222. The molecule has 5 heteroatoms. The molecule has 2 aromatic rings. The largest absolute Gasteiger partial charge is 0.497 e. The van der Waals surface area contributed by atoms with Crippen molar-refractivity contribution in [3.63, 3.8) is 0 Å². The van der Waals surface area contributed by atoms with Crippen molar-refractivity contribution in [2.75, 3.05) is 7.11 Å². The minimum absolute atomic E-state index is 0.130. The van der Waals surface area contributed by atoms with Gasteiger partial charge in [0.15, 0.2) is 0 Å². The molecule has 5 nitrogen and oxygen atoms in total. The number of ether oxygens (including phenoxy) is 1. The van der Waals surface area contributed by atoms with E-state index in [1.54, 1.807) is 36.3 Å². The molecule has 2 aromatic carbocycles. The third-order valence-electron chi connectivity index (χ3n) is 4.07. The van der Waals surface area contributed by atoms with Gasteiger partial charge in [-0.25, -0.2) is 0 Å². The smallest absolute Gasteiger partial charge is 0.305 e. The fourth-order valence-corrected chi connectivity index (χ4v) is 2.95. The first-order valence-corrected chi connectivity index (χ1v) is 7.35. The molecule has 0 bridgehead atoms. The van der Waals surface area contributed by atoms with E-state index in [-0.39, 0.29) is 12.3 Å². The molecule has 1 aliphatic rings. The number of carboxylic acid groups (broad SMARTS) is 1. The van der Waals surface area contributed by atoms with Gasteiger partial charge in [0.2, 0.25) is 0 Å². The maximum atomic E-state index is 12.6. The standard InChI is InChI=1S/C18H17NO4/c1-23-14-7-4-6-12(9-14)16(10-17(20)21)19-11-13-5-2-3-8-15(13)18(19)22/h2-9,16H,10-11H2,1H3,(H,20,21)/t16-/m1/s1. The second-order valence-electron chi connectivity index (χ2n) is 5.48. The highest BCUT2D eigenvalue weighted by Crippen LogP contribution is 2.34. The summed E-state index contributed by atoms with van der Waals surface area (Å²) < 4.78 is 5.21. The van der Waals surface area contributed by atoms with Crippen LogP contribution in [0.5, 0.6) is 5.75 Å². The zero-order valence-electron chi connectivity index (χ0n) is 12.7. The molecule has 0 unspecified atom stereocenters. The van der Waals surface area contributed by atoms with E-state index >= 15 is 0 Å². The SMILES string of the molecule is COc1cccc([C@@H](CC(=O)O)N2Cc3ccccc3C2=O)c1. The first-order valence-electron chi connectivity index (χ1n) is 7.35. The van der Waals surface area contributed by atoms with Gasteiger partial charge in [-0.3, -0.25) is 9.59 Å². The number of carbonyl (C=O) groups is 2. The number of fused-ring (bicyclic) bond motifs is 1. The number of hydrogen-bond acceptors (Lipinski definition) is 3. The van der Waals surface area contributed by atoms with Gasteiger partial charge in [0.25, 0.3) is 5.91 Å². The highest BCUT2D eigenvalue weighted by molar-refractivity contribution is 5.98. The Morgan fingerprint density at radius 1 is 1.26 bits per heavy atom. The van der Waals surface area contributed by atoms with E-state index in [1.165, 1.54) is 0 Å². The summed E-state index contributed by atoms with van der Waals surface area (Å²) in [4.78, 5) is 25.6. The Bertz CT molecular complexity index is 756. The lowest BCUT2D eigenvalue weighted by Gasteiger charge is -2.27. The summed E-state index contributed by atoms with van der Waals surface area (Å²) in [6, 6.07) is 14.1. The molecule has 118 valence electrons. The number of carbonyl (C=O) groups excluding carboxylic acids is 1. The Morgan fingerprint density at radius 2 is 2.04 bits per heavy atom. The van der Waals surface area contributed by atoms with Gasteiger partial charge in [0, 0.05) is 12.1 Å². The average Bonchev–Trinajstić information content (AvgIpc) is 2.90. The summed E-state index contributed by atoms with van der Waals surface area (Å²) in [5.74, 6) is -0.432. The molecule has 0 saturated carbocycles. The molecule has 1 N–H and O–H groups in total. The Hall–Kier alpha value is -2.82. The lowest BCUT2D eigenvalue weighted by molar-refractivity contribution is -0.138. The fourth-order valence-electron chi connectivity index (χ4n) is 2.95. The topological polar surface area (TPSA) is 66.8 Å². The molecular formula is C18H17NO4. The van der Waals surface area contributed by atoms with Gasteiger partial charge in [-0.2, -0.15) is 0 Å². The van der Waals surface area contributed by atoms with E-state index in [2.05, 4.69) is 0 Å². The van der Waals surface area contributed by atoms with Crippen LogP contribution in [0.2, 0.25) is 0 Å². The minimum Gasteiger partial charge on any atom is -0.497 e. The molecule has 1 aliphatic heterocycles. The van der Waals surface area contributed by atoms with Gasteiger partial charge < -0.3 is 14.7 Å². The maximum absolute atomic E-state index is 12.6. The molecule has 1 amide bonds. The van der Waals surface area contributed by atoms with E-state index in [1.807, 2.05) is 24.3 Å². The normalized spacial score (nSPS) is 14.5. The maximum Gasteiger partial charge on any atom is 0.305 e. The molecule has 0 aromatic heterocycles. The van der Waals surface area contributed by atoms with E-state index in [4.69, 9.17) is 4.74 Å². The Balaban J connectivity index is 1.97. The number of aliphatic carboxylic acids is 1. The first kappa shape index (κ1) is 15.1. The Labute approximate surface area is 134 Å². The molecule has 0 saturated heterocycles. The quantitative estimate of drug-likeness (QED) is 0.922.